The molecule has 1 amide bonds. The topological polar surface area (TPSA) is 32.8 Å². The fraction of sp³-hybridized carbons (Fsp3) is 0.571. The first-order valence-electron chi connectivity index (χ1n) is 9.59. The third kappa shape index (κ3) is 3.16. The zero-order chi connectivity index (χ0) is 18.1. The SMILES string of the molecule is C=CCSCC(=O)N1C[C@@H](c2ccc(OC)cc2)[C@@H]2[C@H]1C1CCN2CC1. The lowest BCUT2D eigenvalue weighted by Gasteiger charge is -2.51. The predicted octanol–water partition coefficient (Wildman–Crippen LogP) is 3.00. The Balaban J connectivity index is 1.58. The fourth-order valence-corrected chi connectivity index (χ4v) is 5.79. The fourth-order valence-electron chi connectivity index (χ4n) is 5.16. The number of likely N-dealkylation sites (tertiary alicyclic amines) is 1. The van der Waals surface area contributed by atoms with Gasteiger partial charge in [0.25, 0.3) is 0 Å². The molecule has 4 aliphatic heterocycles. The van der Waals surface area contributed by atoms with Crippen LogP contribution in [0.4, 0.5) is 0 Å². The van der Waals surface area contributed by atoms with Gasteiger partial charge in [0.1, 0.15) is 5.75 Å². The van der Waals surface area contributed by atoms with Crippen molar-refractivity contribution in [1.82, 2.24) is 9.80 Å². The lowest BCUT2D eigenvalue weighted by molar-refractivity contribution is -0.133. The lowest BCUT2D eigenvalue weighted by atomic mass is 9.75. The number of benzene rings is 1. The van der Waals surface area contributed by atoms with Crippen LogP contribution in [0.25, 0.3) is 0 Å². The highest BCUT2D eigenvalue weighted by Gasteiger charge is 2.54. The van der Waals surface area contributed by atoms with E-state index in [2.05, 4.69) is 28.5 Å². The van der Waals surface area contributed by atoms with Gasteiger partial charge in [-0.15, -0.1) is 18.3 Å². The first kappa shape index (κ1) is 17.9. The molecule has 4 fully saturated rings. The first-order valence-corrected chi connectivity index (χ1v) is 10.7. The van der Waals surface area contributed by atoms with Crippen molar-refractivity contribution in [3.63, 3.8) is 0 Å². The van der Waals surface area contributed by atoms with Crippen LogP contribution in [-0.4, -0.2) is 66.0 Å². The van der Waals surface area contributed by atoms with Crippen LogP contribution in [0, 0.1) is 5.92 Å². The maximum absolute atomic E-state index is 13.0. The Morgan fingerprint density at radius 3 is 2.65 bits per heavy atom. The molecule has 2 bridgehead atoms. The minimum Gasteiger partial charge on any atom is -0.497 e. The summed E-state index contributed by atoms with van der Waals surface area (Å²) >= 11 is 1.67. The Bertz CT molecular complexity index is 654. The Morgan fingerprint density at radius 2 is 2.00 bits per heavy atom. The highest BCUT2D eigenvalue weighted by atomic mass is 32.2. The van der Waals surface area contributed by atoms with E-state index in [1.807, 2.05) is 18.2 Å². The van der Waals surface area contributed by atoms with Gasteiger partial charge >= 0.3 is 0 Å². The molecule has 4 nitrogen and oxygen atoms in total. The summed E-state index contributed by atoms with van der Waals surface area (Å²) in [4.78, 5) is 17.8. The Kier molecular flexibility index (Phi) is 5.28. The number of hydrogen-bond donors (Lipinski definition) is 0. The van der Waals surface area contributed by atoms with Crippen molar-refractivity contribution in [2.45, 2.75) is 30.8 Å². The average Bonchev–Trinajstić information content (AvgIpc) is 3.12. The van der Waals surface area contributed by atoms with Gasteiger partial charge in [0.05, 0.1) is 18.9 Å². The summed E-state index contributed by atoms with van der Waals surface area (Å²) in [5.74, 6) is 3.67. The smallest absolute Gasteiger partial charge is 0.232 e. The molecule has 1 aromatic rings. The molecule has 140 valence electrons. The number of carbonyl (C=O) groups is 1. The van der Waals surface area contributed by atoms with Crippen LogP contribution in [0.1, 0.15) is 24.3 Å². The molecule has 0 unspecified atom stereocenters. The van der Waals surface area contributed by atoms with Gasteiger partial charge < -0.3 is 9.64 Å². The molecule has 0 aliphatic carbocycles. The van der Waals surface area contributed by atoms with Crippen molar-refractivity contribution in [3.8, 4) is 5.75 Å². The number of thioether (sulfide) groups is 1. The van der Waals surface area contributed by atoms with Gasteiger partial charge in [0, 0.05) is 24.3 Å². The minimum absolute atomic E-state index is 0.302. The van der Waals surface area contributed by atoms with Gasteiger partial charge in [-0.05, 0) is 49.5 Å². The normalized spacial score (nSPS) is 32.3. The van der Waals surface area contributed by atoms with E-state index in [0.717, 1.165) is 18.0 Å². The van der Waals surface area contributed by atoms with E-state index < -0.39 is 0 Å². The molecule has 4 aliphatic rings. The van der Waals surface area contributed by atoms with E-state index in [0.29, 0.717) is 35.6 Å². The quantitative estimate of drug-likeness (QED) is 0.568. The third-order valence-electron chi connectivity index (χ3n) is 6.32. The number of fused-ring (bicyclic) bond motifs is 2. The third-order valence-corrected chi connectivity index (χ3v) is 7.24. The first-order chi connectivity index (χ1) is 12.7. The number of methoxy groups -OCH3 is 1. The van der Waals surface area contributed by atoms with E-state index in [-0.39, 0.29) is 0 Å². The summed E-state index contributed by atoms with van der Waals surface area (Å²) in [5, 5.41) is 0. The lowest BCUT2D eigenvalue weighted by Crippen LogP contribution is -2.60. The van der Waals surface area contributed by atoms with Crippen molar-refractivity contribution >= 4 is 17.7 Å². The Morgan fingerprint density at radius 1 is 1.27 bits per heavy atom. The van der Waals surface area contributed by atoms with Crippen molar-refractivity contribution in [2.75, 3.05) is 38.2 Å². The van der Waals surface area contributed by atoms with E-state index in [9.17, 15) is 4.79 Å². The number of amides is 1. The van der Waals surface area contributed by atoms with Gasteiger partial charge in [-0.1, -0.05) is 18.2 Å². The van der Waals surface area contributed by atoms with Crippen molar-refractivity contribution in [2.24, 2.45) is 5.92 Å². The number of hydrogen-bond acceptors (Lipinski definition) is 4. The summed E-state index contributed by atoms with van der Waals surface area (Å²) in [5.41, 5.74) is 1.34. The second kappa shape index (κ2) is 7.65. The van der Waals surface area contributed by atoms with E-state index in [1.54, 1.807) is 18.9 Å². The maximum Gasteiger partial charge on any atom is 0.232 e. The second-order valence-corrected chi connectivity index (χ2v) is 8.61. The molecular weight excluding hydrogens is 344 g/mol. The molecule has 0 aromatic heterocycles. The summed E-state index contributed by atoms with van der Waals surface area (Å²) in [6.07, 6.45) is 4.35. The van der Waals surface area contributed by atoms with E-state index in [1.165, 1.54) is 31.5 Å². The predicted molar refractivity (Wildman–Crippen MR) is 107 cm³/mol. The summed E-state index contributed by atoms with van der Waals surface area (Å²) in [6, 6.07) is 9.33. The zero-order valence-corrected chi connectivity index (χ0v) is 16.3. The van der Waals surface area contributed by atoms with Crippen molar-refractivity contribution < 1.29 is 9.53 Å². The van der Waals surface area contributed by atoms with Crippen molar-refractivity contribution in [3.05, 3.63) is 42.5 Å². The number of ether oxygens (including phenoxy) is 1. The minimum atomic E-state index is 0.302. The van der Waals surface area contributed by atoms with Gasteiger partial charge in [-0.25, -0.2) is 0 Å². The molecule has 4 heterocycles. The highest BCUT2D eigenvalue weighted by molar-refractivity contribution is 8.00. The molecule has 26 heavy (non-hydrogen) atoms. The van der Waals surface area contributed by atoms with Crippen LogP contribution in [0.15, 0.2) is 36.9 Å². The molecule has 4 saturated heterocycles. The average molecular weight is 373 g/mol. The Labute approximate surface area is 160 Å². The van der Waals surface area contributed by atoms with E-state index in [4.69, 9.17) is 4.74 Å². The monoisotopic (exact) mass is 372 g/mol. The van der Waals surface area contributed by atoms with Crippen LogP contribution in [-0.2, 0) is 4.79 Å². The van der Waals surface area contributed by atoms with Crippen LogP contribution >= 0.6 is 11.8 Å². The molecule has 5 rings (SSSR count). The second-order valence-electron chi connectivity index (χ2n) is 7.58. The number of carbonyl (C=O) groups excluding carboxylic acids is 1. The molecule has 1 aromatic carbocycles. The summed E-state index contributed by atoms with van der Waals surface area (Å²) in [7, 11) is 1.70. The largest absolute Gasteiger partial charge is 0.497 e. The van der Waals surface area contributed by atoms with Crippen LogP contribution < -0.4 is 4.74 Å². The summed E-state index contributed by atoms with van der Waals surface area (Å²) < 4.78 is 5.32. The maximum atomic E-state index is 13.0. The van der Waals surface area contributed by atoms with E-state index >= 15 is 0 Å². The van der Waals surface area contributed by atoms with Crippen LogP contribution in [0.5, 0.6) is 5.75 Å². The van der Waals surface area contributed by atoms with Gasteiger partial charge in [-0.3, -0.25) is 9.69 Å². The molecule has 5 heteroatoms. The van der Waals surface area contributed by atoms with Gasteiger partial charge in [-0.2, -0.15) is 0 Å². The van der Waals surface area contributed by atoms with Crippen LogP contribution in [0.2, 0.25) is 0 Å². The van der Waals surface area contributed by atoms with Crippen LogP contribution in [0.3, 0.4) is 0 Å². The van der Waals surface area contributed by atoms with Gasteiger partial charge in [0.15, 0.2) is 0 Å². The molecule has 0 spiro atoms. The molecule has 0 radical (unpaired) electrons. The van der Waals surface area contributed by atoms with Gasteiger partial charge in [0.2, 0.25) is 5.91 Å². The molecule has 0 N–H and O–H groups in total. The number of piperidine rings is 3. The summed E-state index contributed by atoms with van der Waals surface area (Å²) in [6.45, 7) is 6.98. The number of rotatable bonds is 6. The van der Waals surface area contributed by atoms with Crippen molar-refractivity contribution in [1.29, 1.82) is 0 Å². The molecule has 3 atom stereocenters. The standard InChI is InChI=1S/C21H28N2O2S/c1-3-12-26-14-19(24)23-13-18(15-4-6-17(25-2)7-5-15)21-20(23)16-8-10-22(21)11-9-16/h3-7,16,18,20-21H,1,8-14H2,2H3/t18-,20+,21+/m0/s1. The molecule has 0 saturated carbocycles. The Hall–Kier alpha value is -1.46. The zero-order valence-electron chi connectivity index (χ0n) is 15.5. The molecular formula is C21H28N2O2S. The number of nitrogens with zero attached hydrogens (tertiary/aromatic N) is 2. The highest BCUT2D eigenvalue weighted by Crippen LogP contribution is 2.46.